The first-order valence-electron chi connectivity index (χ1n) is 9.56. The van der Waals surface area contributed by atoms with E-state index in [9.17, 15) is 19.1 Å². The summed E-state index contributed by atoms with van der Waals surface area (Å²) in [7, 11) is 0. The number of halogens is 1. The summed E-state index contributed by atoms with van der Waals surface area (Å²) in [6, 6.07) is 10.3. The van der Waals surface area contributed by atoms with Crippen molar-refractivity contribution in [3.8, 4) is 5.75 Å². The molecule has 4 atom stereocenters. The maximum absolute atomic E-state index is 13.7. The van der Waals surface area contributed by atoms with Gasteiger partial charge in [0.1, 0.15) is 23.8 Å². The second-order valence-corrected chi connectivity index (χ2v) is 7.31. The van der Waals surface area contributed by atoms with Crippen molar-refractivity contribution in [2.75, 3.05) is 17.2 Å². The van der Waals surface area contributed by atoms with Crippen LogP contribution in [0.2, 0.25) is 0 Å². The molecule has 0 bridgehead atoms. The molecule has 0 aliphatic carbocycles. The van der Waals surface area contributed by atoms with Crippen LogP contribution in [0.5, 0.6) is 5.75 Å². The highest BCUT2D eigenvalue weighted by atomic mass is 19.1. The lowest BCUT2D eigenvalue weighted by Gasteiger charge is -2.36. The van der Waals surface area contributed by atoms with Gasteiger partial charge >= 0.3 is 12.0 Å². The number of carbonyl (C=O) groups is 2. The van der Waals surface area contributed by atoms with E-state index < -0.39 is 36.1 Å². The monoisotopic (exact) mass is 416 g/mol. The summed E-state index contributed by atoms with van der Waals surface area (Å²) in [6.45, 7) is -0.290. The van der Waals surface area contributed by atoms with E-state index in [4.69, 9.17) is 14.6 Å². The fraction of sp³-hybridized carbons (Fsp3) is 0.333. The number of hydrogen-bond acceptors (Lipinski definition) is 5. The number of hydrogen-bond donors (Lipinski definition) is 4. The van der Waals surface area contributed by atoms with Crippen molar-refractivity contribution in [3.63, 3.8) is 0 Å². The molecule has 1 saturated heterocycles. The normalized spacial score (nSPS) is 24.3. The zero-order chi connectivity index (χ0) is 21.3. The molecule has 1 fully saturated rings. The van der Waals surface area contributed by atoms with Gasteiger partial charge < -0.3 is 30.3 Å². The summed E-state index contributed by atoms with van der Waals surface area (Å²) in [5.74, 6) is -1.09. The van der Waals surface area contributed by atoms with Gasteiger partial charge in [0.2, 0.25) is 0 Å². The minimum Gasteiger partial charge on any atom is -0.487 e. The molecule has 158 valence electrons. The van der Waals surface area contributed by atoms with E-state index in [-0.39, 0.29) is 24.6 Å². The third-order valence-corrected chi connectivity index (χ3v) is 5.28. The van der Waals surface area contributed by atoms with E-state index >= 15 is 0 Å². The van der Waals surface area contributed by atoms with Gasteiger partial charge in [0.15, 0.2) is 0 Å². The van der Waals surface area contributed by atoms with Gasteiger partial charge in [0.05, 0.1) is 24.8 Å². The summed E-state index contributed by atoms with van der Waals surface area (Å²) in [5.41, 5.74) is 1.35. The van der Waals surface area contributed by atoms with E-state index in [0.29, 0.717) is 17.9 Å². The summed E-state index contributed by atoms with van der Waals surface area (Å²) in [5, 5.41) is 23.9. The minimum atomic E-state index is -0.977. The standard InChI is InChI=1S/C21H21FN2O6/c22-15-3-1-2-4-16(15)24-21(28)23-11-5-6-17-13(7-11)14-8-12(9-19(26)27)29-18(10-25)20(14)30-17/h1-7,12,14,18,20,25H,8-10H2,(H,26,27)(H2,23,24,28)/t12-,14+,18-,20-/m1/s1. The van der Waals surface area contributed by atoms with Crippen molar-refractivity contribution in [1.29, 1.82) is 0 Å². The van der Waals surface area contributed by atoms with Crippen molar-refractivity contribution in [1.82, 2.24) is 0 Å². The highest BCUT2D eigenvalue weighted by Crippen LogP contribution is 2.47. The molecule has 2 heterocycles. The van der Waals surface area contributed by atoms with Gasteiger partial charge in [-0.25, -0.2) is 9.18 Å². The van der Waals surface area contributed by atoms with Crippen LogP contribution in [0, 0.1) is 5.82 Å². The zero-order valence-electron chi connectivity index (χ0n) is 15.9. The van der Waals surface area contributed by atoms with Crippen LogP contribution in [0.3, 0.4) is 0 Å². The third-order valence-electron chi connectivity index (χ3n) is 5.28. The maximum Gasteiger partial charge on any atom is 0.323 e. The molecule has 0 unspecified atom stereocenters. The third kappa shape index (κ3) is 4.07. The van der Waals surface area contributed by atoms with Crippen LogP contribution in [-0.2, 0) is 9.53 Å². The number of amides is 2. The smallest absolute Gasteiger partial charge is 0.323 e. The summed E-state index contributed by atoms with van der Waals surface area (Å²) < 4.78 is 25.3. The van der Waals surface area contributed by atoms with Gasteiger partial charge in [-0.2, -0.15) is 0 Å². The first kappa shape index (κ1) is 20.1. The number of carboxylic acids is 1. The van der Waals surface area contributed by atoms with Crippen molar-refractivity contribution >= 4 is 23.4 Å². The van der Waals surface area contributed by atoms with Gasteiger partial charge in [-0.05, 0) is 36.8 Å². The van der Waals surface area contributed by atoms with Crippen molar-refractivity contribution < 1.29 is 33.7 Å². The fourth-order valence-electron chi connectivity index (χ4n) is 4.01. The van der Waals surface area contributed by atoms with Gasteiger partial charge in [0, 0.05) is 17.2 Å². The maximum atomic E-state index is 13.7. The van der Waals surface area contributed by atoms with Crippen LogP contribution >= 0.6 is 0 Å². The summed E-state index contributed by atoms with van der Waals surface area (Å²) in [6.07, 6.45) is -1.36. The van der Waals surface area contributed by atoms with E-state index in [1.807, 2.05) is 0 Å². The number of nitrogens with one attached hydrogen (secondary N) is 2. The molecule has 0 aromatic heterocycles. The Bertz CT molecular complexity index is 968. The van der Waals surface area contributed by atoms with Crippen LogP contribution < -0.4 is 15.4 Å². The van der Waals surface area contributed by atoms with Gasteiger partial charge in [0.25, 0.3) is 0 Å². The largest absolute Gasteiger partial charge is 0.487 e. The second-order valence-electron chi connectivity index (χ2n) is 7.31. The summed E-state index contributed by atoms with van der Waals surface area (Å²) in [4.78, 5) is 23.3. The Morgan fingerprint density at radius 2 is 1.97 bits per heavy atom. The quantitative estimate of drug-likeness (QED) is 0.595. The topological polar surface area (TPSA) is 117 Å². The molecule has 0 spiro atoms. The molecule has 2 amide bonds. The van der Waals surface area contributed by atoms with Crippen molar-refractivity contribution in [2.24, 2.45) is 0 Å². The van der Waals surface area contributed by atoms with E-state index in [0.717, 1.165) is 5.56 Å². The van der Waals surface area contributed by atoms with Crippen LogP contribution in [0.4, 0.5) is 20.6 Å². The molecule has 2 aliphatic rings. The van der Waals surface area contributed by atoms with E-state index in [2.05, 4.69) is 10.6 Å². The molecule has 4 rings (SSSR count). The number of urea groups is 1. The number of aliphatic carboxylic acids is 1. The Morgan fingerprint density at radius 1 is 1.17 bits per heavy atom. The van der Waals surface area contributed by atoms with E-state index in [1.165, 1.54) is 18.2 Å². The number of ether oxygens (including phenoxy) is 2. The molecule has 30 heavy (non-hydrogen) atoms. The molecule has 4 N–H and O–H groups in total. The molecule has 2 aliphatic heterocycles. The minimum absolute atomic E-state index is 0.0614. The lowest BCUT2D eigenvalue weighted by atomic mass is 9.84. The molecule has 9 heteroatoms. The Kier molecular flexibility index (Phi) is 5.56. The summed E-state index contributed by atoms with van der Waals surface area (Å²) >= 11 is 0. The van der Waals surface area contributed by atoms with Crippen molar-refractivity contribution in [2.45, 2.75) is 37.1 Å². The van der Waals surface area contributed by atoms with Crippen molar-refractivity contribution in [3.05, 3.63) is 53.8 Å². The highest BCUT2D eigenvalue weighted by molar-refractivity contribution is 5.99. The lowest BCUT2D eigenvalue weighted by molar-refractivity contribution is -0.153. The molecule has 8 nitrogen and oxygen atoms in total. The molecule has 2 aromatic carbocycles. The number of aliphatic hydroxyl groups is 1. The first-order valence-corrected chi connectivity index (χ1v) is 9.56. The molecule has 2 aromatic rings. The SMILES string of the molecule is O=C(O)C[C@H]1C[C@H]2c3cc(NC(=O)Nc4ccccc4F)ccc3O[C@H]2[C@@H](CO)O1. The number of aliphatic hydroxyl groups excluding tert-OH is 1. The number of carboxylic acid groups (broad SMARTS) is 1. The molecular weight excluding hydrogens is 395 g/mol. The number of carbonyl (C=O) groups excluding carboxylic acids is 1. The first-order chi connectivity index (χ1) is 14.4. The van der Waals surface area contributed by atoms with E-state index in [1.54, 1.807) is 24.3 Å². The number of benzene rings is 2. The Labute approximate surface area is 171 Å². The zero-order valence-corrected chi connectivity index (χ0v) is 15.9. The van der Waals surface area contributed by atoms with Crippen LogP contribution in [0.1, 0.15) is 24.3 Å². The Morgan fingerprint density at radius 3 is 2.70 bits per heavy atom. The number of anilines is 2. The predicted octanol–water partition coefficient (Wildman–Crippen LogP) is 2.94. The fourth-order valence-corrected chi connectivity index (χ4v) is 4.01. The van der Waals surface area contributed by atoms with Gasteiger partial charge in [-0.3, -0.25) is 4.79 Å². The highest BCUT2D eigenvalue weighted by Gasteiger charge is 2.46. The number of para-hydroxylation sites is 1. The average molecular weight is 416 g/mol. The molecule has 0 radical (unpaired) electrons. The number of fused-ring (bicyclic) bond motifs is 3. The average Bonchev–Trinajstić information content (AvgIpc) is 3.06. The lowest BCUT2D eigenvalue weighted by Crippen LogP contribution is -2.46. The van der Waals surface area contributed by atoms with Crippen LogP contribution in [0.15, 0.2) is 42.5 Å². The van der Waals surface area contributed by atoms with Gasteiger partial charge in [-0.15, -0.1) is 0 Å². The van der Waals surface area contributed by atoms with Crippen LogP contribution in [-0.4, -0.2) is 47.1 Å². The molecule has 0 saturated carbocycles. The number of rotatable bonds is 5. The molecular formula is C21H21FN2O6. The predicted molar refractivity (Wildman–Crippen MR) is 105 cm³/mol. The van der Waals surface area contributed by atoms with Crippen LogP contribution in [0.25, 0.3) is 0 Å². The second kappa shape index (κ2) is 8.29. The Balaban J connectivity index is 1.50. The Hall–Kier alpha value is -3.17. The van der Waals surface area contributed by atoms with Gasteiger partial charge in [-0.1, -0.05) is 12.1 Å².